The Morgan fingerprint density at radius 3 is 2.29 bits per heavy atom. The van der Waals surface area contributed by atoms with Crippen molar-refractivity contribution in [3.05, 3.63) is 83.9 Å². The van der Waals surface area contributed by atoms with E-state index >= 15 is 0 Å². The first-order valence-corrected chi connectivity index (χ1v) is 11.2. The molecule has 28 heavy (non-hydrogen) atoms. The van der Waals surface area contributed by atoms with Gasteiger partial charge in [0.1, 0.15) is 0 Å². The minimum Gasteiger partial charge on any atom is -0.135 e. The molecule has 2 heteroatoms. The van der Waals surface area contributed by atoms with Crippen LogP contribution in [0.2, 0.25) is 0 Å². The molecule has 2 heterocycles. The number of aryl methyl sites for hydroxylation is 2. The van der Waals surface area contributed by atoms with Gasteiger partial charge in [0.25, 0.3) is 0 Å². The van der Waals surface area contributed by atoms with Crippen molar-refractivity contribution in [2.75, 3.05) is 0 Å². The van der Waals surface area contributed by atoms with Gasteiger partial charge in [0, 0.05) is 40.3 Å². The lowest BCUT2D eigenvalue weighted by atomic mass is 9.97. The van der Waals surface area contributed by atoms with Crippen molar-refractivity contribution < 1.29 is 0 Å². The molecule has 0 saturated heterocycles. The molecule has 0 aliphatic carbocycles. The van der Waals surface area contributed by atoms with Crippen LogP contribution in [0, 0.1) is 13.8 Å². The van der Waals surface area contributed by atoms with Gasteiger partial charge in [0.05, 0.1) is 0 Å². The van der Waals surface area contributed by atoms with Crippen LogP contribution in [0.25, 0.3) is 51.5 Å². The number of hydrogen-bond donors (Lipinski definition) is 0. The summed E-state index contributed by atoms with van der Waals surface area (Å²) in [5.41, 5.74) is 5.36. The van der Waals surface area contributed by atoms with Gasteiger partial charge in [0.2, 0.25) is 0 Å². The highest BCUT2D eigenvalue weighted by atomic mass is 32.1. The molecule has 0 atom stereocenters. The van der Waals surface area contributed by atoms with E-state index in [0.717, 1.165) is 0 Å². The molecule has 134 valence electrons. The van der Waals surface area contributed by atoms with Crippen molar-refractivity contribution in [2.45, 2.75) is 13.8 Å². The first-order valence-electron chi connectivity index (χ1n) is 9.53. The Labute approximate surface area is 171 Å². The fourth-order valence-corrected chi connectivity index (χ4v) is 6.63. The second-order valence-electron chi connectivity index (χ2n) is 7.53. The zero-order valence-corrected chi connectivity index (χ0v) is 17.4. The van der Waals surface area contributed by atoms with Crippen molar-refractivity contribution in [3.8, 4) is 11.1 Å². The molecule has 2 aromatic heterocycles. The molecule has 0 amide bonds. The molecule has 6 aromatic rings. The quantitative estimate of drug-likeness (QED) is 0.261. The summed E-state index contributed by atoms with van der Waals surface area (Å²) in [4.78, 5) is 0. The summed E-state index contributed by atoms with van der Waals surface area (Å²) in [6.07, 6.45) is 0. The van der Waals surface area contributed by atoms with Gasteiger partial charge in [0.15, 0.2) is 0 Å². The van der Waals surface area contributed by atoms with E-state index in [1.54, 1.807) is 0 Å². The first-order chi connectivity index (χ1) is 13.7. The van der Waals surface area contributed by atoms with Gasteiger partial charge in [-0.1, -0.05) is 54.1 Å². The minimum atomic E-state index is 1.31. The fourth-order valence-electron chi connectivity index (χ4n) is 4.29. The molecule has 6 rings (SSSR count). The highest BCUT2D eigenvalue weighted by Crippen LogP contribution is 2.41. The van der Waals surface area contributed by atoms with E-state index in [1.807, 2.05) is 22.7 Å². The predicted molar refractivity (Wildman–Crippen MR) is 127 cm³/mol. The van der Waals surface area contributed by atoms with Crippen LogP contribution in [0.1, 0.15) is 11.1 Å². The molecule has 0 aliphatic heterocycles. The summed E-state index contributed by atoms with van der Waals surface area (Å²) in [6.45, 7) is 4.44. The molecule has 4 aromatic carbocycles. The number of thiophene rings is 2. The van der Waals surface area contributed by atoms with Crippen LogP contribution in [-0.4, -0.2) is 0 Å². The van der Waals surface area contributed by atoms with Gasteiger partial charge in [-0.15, -0.1) is 22.7 Å². The second kappa shape index (κ2) is 5.91. The van der Waals surface area contributed by atoms with E-state index < -0.39 is 0 Å². The van der Waals surface area contributed by atoms with Gasteiger partial charge in [-0.05, 0) is 54.8 Å². The third-order valence-corrected chi connectivity index (χ3v) is 8.17. The molecule has 0 saturated carbocycles. The van der Waals surface area contributed by atoms with E-state index in [9.17, 15) is 0 Å². The lowest BCUT2D eigenvalue weighted by Crippen LogP contribution is -1.83. The Bertz CT molecular complexity index is 1530. The van der Waals surface area contributed by atoms with Crippen LogP contribution in [0.3, 0.4) is 0 Å². The molecule has 0 unspecified atom stereocenters. The summed E-state index contributed by atoms with van der Waals surface area (Å²) in [5, 5.41) is 5.49. The molecule has 0 bridgehead atoms. The Morgan fingerprint density at radius 2 is 1.36 bits per heavy atom. The third kappa shape index (κ3) is 2.28. The second-order valence-corrected chi connectivity index (χ2v) is 9.66. The van der Waals surface area contributed by atoms with Gasteiger partial charge >= 0.3 is 0 Å². The third-order valence-electron chi connectivity index (χ3n) is 5.73. The van der Waals surface area contributed by atoms with Crippen LogP contribution >= 0.6 is 22.7 Å². The Kier molecular flexibility index (Phi) is 3.44. The number of rotatable bonds is 1. The Balaban J connectivity index is 1.59. The van der Waals surface area contributed by atoms with Crippen LogP contribution in [-0.2, 0) is 0 Å². The van der Waals surface area contributed by atoms with E-state index in [4.69, 9.17) is 0 Å². The first kappa shape index (κ1) is 16.3. The normalized spacial score (nSPS) is 11.9. The standard InChI is InChI=1S/C26H18S2/c1-15-7-12-24-22(13-15)20-9-8-17(14-25(20)27-24)18-10-11-21-19-5-3-4-6-23(19)28-26(21)16(18)2/h3-14H,1-2H3. The van der Waals surface area contributed by atoms with Crippen molar-refractivity contribution in [2.24, 2.45) is 0 Å². The predicted octanol–water partition coefficient (Wildman–Crippen LogP) is 8.71. The maximum absolute atomic E-state index is 2.37. The molecule has 0 radical (unpaired) electrons. The largest absolute Gasteiger partial charge is 0.135 e. The average Bonchev–Trinajstić information content (AvgIpc) is 3.26. The number of fused-ring (bicyclic) bond motifs is 6. The monoisotopic (exact) mass is 394 g/mol. The maximum atomic E-state index is 2.37. The van der Waals surface area contributed by atoms with Crippen LogP contribution < -0.4 is 0 Å². The SMILES string of the molecule is Cc1ccc2sc3cc(-c4ccc5c(sc6ccccc65)c4C)ccc3c2c1. The summed E-state index contributed by atoms with van der Waals surface area (Å²) in [6, 6.07) is 27.1. The van der Waals surface area contributed by atoms with E-state index in [-0.39, 0.29) is 0 Å². The van der Waals surface area contributed by atoms with Crippen molar-refractivity contribution >= 4 is 63.0 Å². The van der Waals surface area contributed by atoms with Gasteiger partial charge in [-0.2, -0.15) is 0 Å². The molecule has 0 nitrogen and oxygen atoms in total. The summed E-state index contributed by atoms with van der Waals surface area (Å²) in [5.74, 6) is 0. The van der Waals surface area contributed by atoms with Gasteiger partial charge in [-0.25, -0.2) is 0 Å². The summed E-state index contributed by atoms with van der Waals surface area (Å²) in [7, 11) is 0. The molecule has 0 spiro atoms. The van der Waals surface area contributed by atoms with Crippen LogP contribution in [0.5, 0.6) is 0 Å². The van der Waals surface area contributed by atoms with E-state index in [2.05, 4.69) is 86.6 Å². The van der Waals surface area contributed by atoms with Crippen molar-refractivity contribution in [1.29, 1.82) is 0 Å². The van der Waals surface area contributed by atoms with Crippen LogP contribution in [0.4, 0.5) is 0 Å². The summed E-state index contributed by atoms with van der Waals surface area (Å²) < 4.78 is 5.52. The smallest absolute Gasteiger partial charge is 0.0390 e. The highest BCUT2D eigenvalue weighted by molar-refractivity contribution is 7.26. The Hall–Kier alpha value is -2.68. The van der Waals surface area contributed by atoms with E-state index in [1.165, 1.54) is 62.6 Å². The summed E-state index contributed by atoms with van der Waals surface area (Å²) >= 11 is 3.80. The fraction of sp³-hybridized carbons (Fsp3) is 0.0769. The molecule has 0 N–H and O–H groups in total. The molecule has 0 aliphatic rings. The lowest BCUT2D eigenvalue weighted by Gasteiger charge is -2.08. The zero-order valence-electron chi connectivity index (χ0n) is 15.7. The van der Waals surface area contributed by atoms with Gasteiger partial charge in [-0.3, -0.25) is 0 Å². The topological polar surface area (TPSA) is 0 Å². The highest BCUT2D eigenvalue weighted by Gasteiger charge is 2.12. The van der Waals surface area contributed by atoms with Crippen molar-refractivity contribution in [1.82, 2.24) is 0 Å². The van der Waals surface area contributed by atoms with E-state index in [0.29, 0.717) is 0 Å². The van der Waals surface area contributed by atoms with Crippen LogP contribution in [0.15, 0.2) is 72.8 Å². The van der Waals surface area contributed by atoms with Gasteiger partial charge < -0.3 is 0 Å². The Morgan fingerprint density at radius 1 is 0.571 bits per heavy atom. The van der Waals surface area contributed by atoms with Crippen molar-refractivity contribution in [3.63, 3.8) is 0 Å². The lowest BCUT2D eigenvalue weighted by molar-refractivity contribution is 1.52. The molecular weight excluding hydrogens is 376 g/mol. The minimum absolute atomic E-state index is 1.31. The maximum Gasteiger partial charge on any atom is 0.0390 e. The molecular formula is C26H18S2. The number of hydrogen-bond acceptors (Lipinski definition) is 2. The molecule has 0 fully saturated rings. The number of benzene rings is 4. The zero-order chi connectivity index (χ0) is 18.8. The average molecular weight is 395 g/mol.